The Bertz CT molecular complexity index is 288. The lowest BCUT2D eigenvalue weighted by atomic mass is 10.2. The number of hydrazine groups is 1. The van der Waals surface area contributed by atoms with Gasteiger partial charge < -0.3 is 5.43 Å². The van der Waals surface area contributed by atoms with Crippen LogP contribution in [0.15, 0.2) is 0 Å². The Morgan fingerprint density at radius 3 is 2.80 bits per heavy atom. The standard InChI is InChI=1S/C9H19N5S/c1-4-7(3)14(5-2)6-8-9(11-10)15-13-12-8/h7,11H,4-6,10H2,1-3H3. The Morgan fingerprint density at radius 1 is 1.53 bits per heavy atom. The normalized spacial score (nSPS) is 13.1. The minimum atomic E-state index is 0.558. The predicted molar refractivity (Wildman–Crippen MR) is 63.6 cm³/mol. The highest BCUT2D eigenvalue weighted by Gasteiger charge is 2.14. The van der Waals surface area contributed by atoms with Gasteiger partial charge in [0.2, 0.25) is 0 Å². The summed E-state index contributed by atoms with van der Waals surface area (Å²) in [5, 5.41) is 4.93. The molecule has 1 heterocycles. The molecule has 86 valence electrons. The molecule has 5 nitrogen and oxygen atoms in total. The van der Waals surface area contributed by atoms with Gasteiger partial charge in [0.05, 0.1) is 0 Å². The van der Waals surface area contributed by atoms with Gasteiger partial charge in [-0.1, -0.05) is 18.3 Å². The molecule has 0 aromatic carbocycles. The van der Waals surface area contributed by atoms with Gasteiger partial charge in [-0.2, -0.15) is 0 Å². The molecule has 1 rings (SSSR count). The predicted octanol–water partition coefficient (Wildman–Crippen LogP) is 1.44. The van der Waals surface area contributed by atoms with Crippen LogP contribution in [0.2, 0.25) is 0 Å². The lowest BCUT2D eigenvalue weighted by Gasteiger charge is -2.26. The zero-order valence-corrected chi connectivity index (χ0v) is 10.3. The number of nitrogen functional groups attached to an aromatic ring is 1. The molecule has 0 fully saturated rings. The van der Waals surface area contributed by atoms with E-state index in [-0.39, 0.29) is 0 Å². The van der Waals surface area contributed by atoms with Crippen LogP contribution in [0.25, 0.3) is 0 Å². The summed E-state index contributed by atoms with van der Waals surface area (Å²) in [5.74, 6) is 5.38. The molecule has 0 bridgehead atoms. The maximum absolute atomic E-state index is 5.38. The Hall–Kier alpha value is -0.720. The minimum absolute atomic E-state index is 0.558. The smallest absolute Gasteiger partial charge is 0.148 e. The number of nitrogens with zero attached hydrogens (tertiary/aromatic N) is 3. The van der Waals surface area contributed by atoms with Crippen molar-refractivity contribution in [1.82, 2.24) is 14.5 Å². The average molecular weight is 229 g/mol. The monoisotopic (exact) mass is 229 g/mol. The van der Waals surface area contributed by atoms with E-state index in [9.17, 15) is 0 Å². The molecule has 3 N–H and O–H groups in total. The third kappa shape index (κ3) is 3.12. The summed E-state index contributed by atoms with van der Waals surface area (Å²) >= 11 is 1.30. The third-order valence-corrected chi connectivity index (χ3v) is 3.36. The zero-order chi connectivity index (χ0) is 11.3. The molecule has 0 radical (unpaired) electrons. The van der Waals surface area contributed by atoms with Crippen molar-refractivity contribution in [2.45, 2.75) is 39.8 Å². The molecule has 0 spiro atoms. The number of hydrogen-bond acceptors (Lipinski definition) is 6. The van der Waals surface area contributed by atoms with Gasteiger partial charge in [-0.25, -0.2) is 5.84 Å². The minimum Gasteiger partial charge on any atom is -0.313 e. The largest absolute Gasteiger partial charge is 0.313 e. The first-order chi connectivity index (χ1) is 7.22. The van der Waals surface area contributed by atoms with Crippen LogP contribution in [-0.4, -0.2) is 27.1 Å². The Morgan fingerprint density at radius 2 is 2.27 bits per heavy atom. The maximum Gasteiger partial charge on any atom is 0.148 e. The number of nitrogens with two attached hydrogens (primary N) is 1. The van der Waals surface area contributed by atoms with Crippen molar-refractivity contribution in [3.8, 4) is 0 Å². The van der Waals surface area contributed by atoms with E-state index in [1.165, 1.54) is 11.5 Å². The van der Waals surface area contributed by atoms with Gasteiger partial charge >= 0.3 is 0 Å². The van der Waals surface area contributed by atoms with E-state index < -0.39 is 0 Å². The highest BCUT2D eigenvalue weighted by molar-refractivity contribution is 7.10. The van der Waals surface area contributed by atoms with Crippen molar-refractivity contribution in [1.29, 1.82) is 0 Å². The quantitative estimate of drug-likeness (QED) is 0.571. The molecule has 1 unspecified atom stereocenters. The number of hydrogen-bond donors (Lipinski definition) is 2. The van der Waals surface area contributed by atoms with Crippen molar-refractivity contribution in [2.24, 2.45) is 5.84 Å². The van der Waals surface area contributed by atoms with Crippen LogP contribution in [0.4, 0.5) is 5.00 Å². The van der Waals surface area contributed by atoms with Crippen LogP contribution < -0.4 is 11.3 Å². The van der Waals surface area contributed by atoms with Crippen LogP contribution in [0.3, 0.4) is 0 Å². The van der Waals surface area contributed by atoms with Crippen molar-refractivity contribution < 1.29 is 0 Å². The van der Waals surface area contributed by atoms with Gasteiger partial charge in [0, 0.05) is 24.1 Å². The van der Waals surface area contributed by atoms with Crippen LogP contribution >= 0.6 is 11.5 Å². The lowest BCUT2D eigenvalue weighted by molar-refractivity contribution is 0.204. The van der Waals surface area contributed by atoms with Crippen molar-refractivity contribution >= 4 is 16.5 Å². The molecule has 1 aromatic heterocycles. The first kappa shape index (κ1) is 12.4. The second kappa shape index (κ2) is 5.99. The highest BCUT2D eigenvalue weighted by Crippen LogP contribution is 2.19. The number of anilines is 1. The molecular formula is C9H19N5S. The molecule has 0 aliphatic rings. The van der Waals surface area contributed by atoms with E-state index in [1.807, 2.05) is 0 Å². The molecule has 6 heteroatoms. The highest BCUT2D eigenvalue weighted by atomic mass is 32.1. The van der Waals surface area contributed by atoms with E-state index in [0.29, 0.717) is 6.04 Å². The summed E-state index contributed by atoms with van der Waals surface area (Å²) in [6, 6.07) is 0.558. The molecule has 0 saturated heterocycles. The fraction of sp³-hybridized carbons (Fsp3) is 0.778. The van der Waals surface area contributed by atoms with Gasteiger partial charge in [-0.15, -0.1) is 5.10 Å². The molecule has 1 aromatic rings. The Balaban J connectivity index is 2.66. The lowest BCUT2D eigenvalue weighted by Crippen LogP contribution is -2.32. The van der Waals surface area contributed by atoms with Crippen LogP contribution in [0.1, 0.15) is 32.9 Å². The van der Waals surface area contributed by atoms with Crippen molar-refractivity contribution in [3.05, 3.63) is 5.69 Å². The van der Waals surface area contributed by atoms with Crippen LogP contribution in [0.5, 0.6) is 0 Å². The van der Waals surface area contributed by atoms with Gasteiger partial charge in [0.15, 0.2) is 0 Å². The van der Waals surface area contributed by atoms with E-state index in [2.05, 4.69) is 40.7 Å². The third-order valence-electron chi connectivity index (χ3n) is 2.66. The Labute approximate surface area is 94.8 Å². The molecule has 1 atom stereocenters. The molecular weight excluding hydrogens is 210 g/mol. The second-order valence-corrected chi connectivity index (χ2v) is 4.27. The van der Waals surface area contributed by atoms with Gasteiger partial charge in [-0.3, -0.25) is 4.90 Å². The van der Waals surface area contributed by atoms with Crippen molar-refractivity contribution in [2.75, 3.05) is 12.0 Å². The molecule has 0 amide bonds. The average Bonchev–Trinajstić information content (AvgIpc) is 2.71. The molecule has 0 aliphatic heterocycles. The molecule has 0 saturated carbocycles. The SMILES string of the molecule is CCC(C)N(CC)Cc1nnsc1NN. The topological polar surface area (TPSA) is 67.1 Å². The van der Waals surface area contributed by atoms with Gasteiger partial charge in [0.25, 0.3) is 0 Å². The second-order valence-electron chi connectivity index (χ2n) is 3.51. The first-order valence-corrected chi connectivity index (χ1v) is 6.02. The van der Waals surface area contributed by atoms with Crippen molar-refractivity contribution in [3.63, 3.8) is 0 Å². The molecule has 0 aliphatic carbocycles. The molecule has 15 heavy (non-hydrogen) atoms. The summed E-state index contributed by atoms with van der Waals surface area (Å²) in [4.78, 5) is 2.36. The number of rotatable bonds is 6. The van der Waals surface area contributed by atoms with Gasteiger partial charge in [0.1, 0.15) is 10.7 Å². The van der Waals surface area contributed by atoms with E-state index in [1.54, 1.807) is 0 Å². The van der Waals surface area contributed by atoms with Gasteiger partial charge in [-0.05, 0) is 19.9 Å². The van der Waals surface area contributed by atoms with E-state index in [0.717, 1.165) is 30.2 Å². The summed E-state index contributed by atoms with van der Waals surface area (Å²) in [5.41, 5.74) is 3.56. The summed E-state index contributed by atoms with van der Waals surface area (Å²) < 4.78 is 3.89. The fourth-order valence-electron chi connectivity index (χ4n) is 1.45. The number of aromatic nitrogens is 2. The summed E-state index contributed by atoms with van der Waals surface area (Å²) in [6.45, 7) is 8.38. The van der Waals surface area contributed by atoms with Crippen LogP contribution in [0, 0.1) is 0 Å². The number of nitrogens with one attached hydrogen (secondary N) is 1. The Kier molecular flexibility index (Phi) is 4.93. The van der Waals surface area contributed by atoms with E-state index >= 15 is 0 Å². The zero-order valence-electron chi connectivity index (χ0n) is 9.53. The van der Waals surface area contributed by atoms with E-state index in [4.69, 9.17) is 5.84 Å². The summed E-state index contributed by atoms with van der Waals surface area (Å²) in [7, 11) is 0. The van der Waals surface area contributed by atoms with Crippen LogP contribution in [-0.2, 0) is 6.54 Å². The first-order valence-electron chi connectivity index (χ1n) is 5.24. The maximum atomic E-state index is 5.38. The fourth-order valence-corrected chi connectivity index (χ4v) is 1.94. The summed E-state index contributed by atoms with van der Waals surface area (Å²) in [6.07, 6.45) is 1.14.